The molecule has 8 heteroatoms. The first-order chi connectivity index (χ1) is 13.9. The van der Waals surface area contributed by atoms with Crippen molar-refractivity contribution >= 4 is 11.7 Å². The lowest BCUT2D eigenvalue weighted by atomic mass is 10.1. The molecule has 1 aromatic heterocycles. The van der Waals surface area contributed by atoms with Crippen molar-refractivity contribution in [2.75, 3.05) is 31.6 Å². The fourth-order valence-corrected chi connectivity index (χ4v) is 3.85. The van der Waals surface area contributed by atoms with Gasteiger partial charge in [-0.15, -0.1) is 5.10 Å². The fourth-order valence-electron chi connectivity index (χ4n) is 3.85. The number of benzene rings is 1. The lowest BCUT2D eigenvalue weighted by Gasteiger charge is -2.29. The molecule has 0 saturated carbocycles. The van der Waals surface area contributed by atoms with Crippen molar-refractivity contribution in [1.82, 2.24) is 20.4 Å². The molecule has 0 bridgehead atoms. The van der Waals surface area contributed by atoms with Gasteiger partial charge in [0.15, 0.2) is 5.82 Å². The molecule has 0 aliphatic carbocycles. The van der Waals surface area contributed by atoms with Crippen LogP contribution in [0.25, 0.3) is 0 Å². The third kappa shape index (κ3) is 5.69. The predicted octanol–water partition coefficient (Wildman–Crippen LogP) is 2.40. The summed E-state index contributed by atoms with van der Waals surface area (Å²) in [7, 11) is 1.90. The quantitative estimate of drug-likeness (QED) is 0.734. The predicted molar refractivity (Wildman–Crippen MR) is 108 cm³/mol. The molecule has 156 valence electrons. The monoisotopic (exact) mass is 403 g/mol. The number of nitrogens with zero attached hydrogens (tertiary/aromatic N) is 4. The van der Waals surface area contributed by atoms with Gasteiger partial charge in [-0.2, -0.15) is 5.10 Å². The first-order valence-corrected chi connectivity index (χ1v) is 9.89. The minimum Gasteiger partial charge on any atom is -0.352 e. The van der Waals surface area contributed by atoms with E-state index in [0.717, 1.165) is 31.7 Å². The lowest BCUT2D eigenvalue weighted by Crippen LogP contribution is -2.45. The minimum absolute atomic E-state index is 0.000720. The maximum absolute atomic E-state index is 13.8. The van der Waals surface area contributed by atoms with Crippen LogP contribution in [-0.4, -0.2) is 59.8 Å². The van der Waals surface area contributed by atoms with Gasteiger partial charge < -0.3 is 10.2 Å². The molecule has 2 atom stereocenters. The topological polar surface area (TPSA) is 61.4 Å². The smallest absolute Gasteiger partial charge is 0.234 e. The Balaban J connectivity index is 1.49. The lowest BCUT2D eigenvalue weighted by molar-refractivity contribution is -0.122. The number of carbonyl (C=O) groups excluding carboxylic acids is 1. The van der Waals surface area contributed by atoms with E-state index in [1.54, 1.807) is 13.1 Å². The van der Waals surface area contributed by atoms with Crippen LogP contribution in [0.3, 0.4) is 0 Å². The molecular formula is C21H27F2N5O. The molecule has 1 aliphatic rings. The molecule has 0 spiro atoms. The van der Waals surface area contributed by atoms with Crippen LogP contribution in [0, 0.1) is 11.6 Å². The van der Waals surface area contributed by atoms with Crippen LogP contribution >= 0.6 is 0 Å². The van der Waals surface area contributed by atoms with E-state index in [1.807, 2.05) is 24.1 Å². The number of nitrogens with one attached hydrogen (secondary N) is 1. The molecule has 1 saturated heterocycles. The van der Waals surface area contributed by atoms with Crippen molar-refractivity contribution < 1.29 is 13.6 Å². The zero-order chi connectivity index (χ0) is 20.8. The highest BCUT2D eigenvalue weighted by molar-refractivity contribution is 5.78. The number of rotatable bonds is 8. The number of hydrogen-bond donors (Lipinski definition) is 1. The minimum atomic E-state index is -0.589. The summed E-state index contributed by atoms with van der Waals surface area (Å²) < 4.78 is 27.6. The molecule has 6 nitrogen and oxygen atoms in total. The highest BCUT2D eigenvalue weighted by Crippen LogP contribution is 2.23. The highest BCUT2D eigenvalue weighted by Gasteiger charge is 2.27. The molecule has 2 heterocycles. The first kappa shape index (κ1) is 21.1. The van der Waals surface area contributed by atoms with Crippen LogP contribution in [0.2, 0.25) is 0 Å². The maximum atomic E-state index is 13.8. The molecule has 1 aliphatic heterocycles. The number of anilines is 1. The second kappa shape index (κ2) is 9.73. The average Bonchev–Trinajstić information content (AvgIpc) is 3.13. The van der Waals surface area contributed by atoms with E-state index in [2.05, 4.69) is 20.4 Å². The van der Waals surface area contributed by atoms with Crippen molar-refractivity contribution in [2.24, 2.45) is 0 Å². The van der Waals surface area contributed by atoms with Crippen LogP contribution in [0.15, 0.2) is 36.5 Å². The first-order valence-electron chi connectivity index (χ1n) is 9.89. The van der Waals surface area contributed by atoms with Gasteiger partial charge in [0.1, 0.15) is 11.6 Å². The van der Waals surface area contributed by atoms with E-state index < -0.39 is 11.6 Å². The largest absolute Gasteiger partial charge is 0.352 e. The van der Waals surface area contributed by atoms with Gasteiger partial charge in [0.25, 0.3) is 0 Å². The van der Waals surface area contributed by atoms with E-state index in [9.17, 15) is 13.6 Å². The molecular weight excluding hydrogens is 376 g/mol. The number of aromatic nitrogens is 2. The summed E-state index contributed by atoms with van der Waals surface area (Å²) in [4.78, 5) is 16.6. The zero-order valence-corrected chi connectivity index (χ0v) is 16.8. The molecule has 1 fully saturated rings. The van der Waals surface area contributed by atoms with E-state index in [4.69, 9.17) is 0 Å². The van der Waals surface area contributed by atoms with Gasteiger partial charge in [-0.3, -0.25) is 9.69 Å². The third-order valence-electron chi connectivity index (χ3n) is 5.14. The molecule has 1 amide bonds. The Morgan fingerprint density at radius 3 is 2.76 bits per heavy atom. The Morgan fingerprint density at radius 2 is 2.07 bits per heavy atom. The molecule has 1 N–H and O–H groups in total. The summed E-state index contributed by atoms with van der Waals surface area (Å²) in [5.74, 6) is -0.490. The van der Waals surface area contributed by atoms with E-state index in [-0.39, 0.29) is 36.5 Å². The molecule has 1 aromatic carbocycles. The number of hydrogen-bond acceptors (Lipinski definition) is 5. The maximum Gasteiger partial charge on any atom is 0.234 e. The Morgan fingerprint density at radius 1 is 1.31 bits per heavy atom. The molecule has 2 unspecified atom stereocenters. The Hall–Kier alpha value is -2.61. The summed E-state index contributed by atoms with van der Waals surface area (Å²) in [6.07, 6.45) is 3.87. The van der Waals surface area contributed by atoms with Gasteiger partial charge >= 0.3 is 0 Å². The van der Waals surface area contributed by atoms with Crippen molar-refractivity contribution in [3.63, 3.8) is 0 Å². The van der Waals surface area contributed by atoms with Gasteiger partial charge in [0, 0.05) is 36.9 Å². The molecule has 0 radical (unpaired) electrons. The average molecular weight is 403 g/mol. The van der Waals surface area contributed by atoms with Crippen molar-refractivity contribution in [2.45, 2.75) is 38.3 Å². The fraction of sp³-hybridized carbons (Fsp3) is 0.476. The van der Waals surface area contributed by atoms with Crippen molar-refractivity contribution in [3.05, 3.63) is 53.7 Å². The van der Waals surface area contributed by atoms with Crippen LogP contribution < -0.4 is 10.2 Å². The Kier molecular flexibility index (Phi) is 7.09. The third-order valence-corrected chi connectivity index (χ3v) is 5.14. The second-order valence-electron chi connectivity index (χ2n) is 7.64. The summed E-state index contributed by atoms with van der Waals surface area (Å²) in [6, 6.07) is 7.51. The molecule has 2 aromatic rings. The zero-order valence-electron chi connectivity index (χ0n) is 16.8. The SMILES string of the molecule is CC(Cc1c(F)cccc1F)NC(=O)CN(C)CC1CCCN1c1cccnn1. The summed E-state index contributed by atoms with van der Waals surface area (Å²) in [6.45, 7) is 3.61. The summed E-state index contributed by atoms with van der Waals surface area (Å²) in [5, 5.41) is 11.0. The summed E-state index contributed by atoms with van der Waals surface area (Å²) >= 11 is 0. The standard InChI is InChI=1S/C21H27F2N5O/c1-15(12-17-18(22)7-3-8-19(17)23)25-21(29)14-27(2)13-16-6-5-11-28(16)20-9-4-10-24-26-20/h3-4,7-10,15-16H,5-6,11-14H2,1-2H3,(H,25,29). The Bertz CT molecular complexity index is 800. The van der Waals surface area contributed by atoms with Gasteiger partial charge in [-0.1, -0.05) is 6.07 Å². The molecule has 3 rings (SSSR count). The van der Waals surface area contributed by atoms with Gasteiger partial charge in [0.2, 0.25) is 5.91 Å². The number of likely N-dealkylation sites (N-methyl/N-ethyl adjacent to an activating group) is 1. The second-order valence-corrected chi connectivity index (χ2v) is 7.64. The highest BCUT2D eigenvalue weighted by atomic mass is 19.1. The van der Waals surface area contributed by atoms with Crippen molar-refractivity contribution in [3.8, 4) is 0 Å². The van der Waals surface area contributed by atoms with E-state index in [1.165, 1.54) is 18.2 Å². The van der Waals surface area contributed by atoms with Crippen LogP contribution in [0.5, 0.6) is 0 Å². The van der Waals surface area contributed by atoms with Gasteiger partial charge in [0.05, 0.1) is 6.54 Å². The van der Waals surface area contributed by atoms with Crippen molar-refractivity contribution in [1.29, 1.82) is 0 Å². The van der Waals surface area contributed by atoms with Gasteiger partial charge in [-0.05, 0) is 57.5 Å². The normalized spacial score (nSPS) is 17.6. The van der Waals surface area contributed by atoms with Gasteiger partial charge in [-0.25, -0.2) is 8.78 Å². The molecule has 29 heavy (non-hydrogen) atoms. The van der Waals surface area contributed by atoms with Crippen LogP contribution in [0.4, 0.5) is 14.6 Å². The summed E-state index contributed by atoms with van der Waals surface area (Å²) in [5.41, 5.74) is -0.000720. The Labute approximate surface area is 169 Å². The number of amides is 1. The van der Waals surface area contributed by atoms with E-state index in [0.29, 0.717) is 0 Å². The van der Waals surface area contributed by atoms with Crippen LogP contribution in [0.1, 0.15) is 25.3 Å². The van der Waals surface area contributed by atoms with Crippen LogP contribution in [-0.2, 0) is 11.2 Å². The van der Waals surface area contributed by atoms with E-state index >= 15 is 0 Å². The number of carbonyl (C=O) groups is 1. The number of halogens is 2.